The van der Waals surface area contributed by atoms with E-state index in [-0.39, 0.29) is 0 Å². The number of rotatable bonds is 1. The minimum atomic E-state index is 0.387. The molecule has 2 aliphatic heterocycles. The molecule has 0 N–H and O–H groups in total. The van der Waals surface area contributed by atoms with Crippen molar-refractivity contribution in [2.75, 3.05) is 32.6 Å². The third-order valence-corrected chi connectivity index (χ3v) is 3.95. The first-order valence-electron chi connectivity index (χ1n) is 6.03. The van der Waals surface area contributed by atoms with Gasteiger partial charge in [-0.05, 0) is 36.7 Å². The summed E-state index contributed by atoms with van der Waals surface area (Å²) in [5, 5.41) is 0. The maximum atomic E-state index is 5.65. The zero-order valence-corrected chi connectivity index (χ0v) is 10.9. The molecule has 92 valence electrons. The van der Waals surface area contributed by atoms with Gasteiger partial charge in [0.15, 0.2) is 11.5 Å². The van der Waals surface area contributed by atoms with Crippen molar-refractivity contribution in [3.8, 4) is 11.5 Å². The maximum absolute atomic E-state index is 5.65. The molecule has 1 aromatic carbocycles. The van der Waals surface area contributed by atoms with Crippen LogP contribution in [0.25, 0.3) is 0 Å². The van der Waals surface area contributed by atoms with Crippen LogP contribution >= 0.6 is 12.6 Å². The average Bonchev–Trinajstić information content (AvgIpc) is 2.36. The number of thiol groups is 1. The van der Waals surface area contributed by atoms with Crippen LogP contribution < -0.4 is 9.47 Å². The van der Waals surface area contributed by atoms with Gasteiger partial charge in [-0.25, -0.2) is 0 Å². The molecule has 4 heteroatoms. The first-order valence-corrected chi connectivity index (χ1v) is 6.66. The second-order valence-corrected chi connectivity index (χ2v) is 4.99. The van der Waals surface area contributed by atoms with Gasteiger partial charge in [0, 0.05) is 18.3 Å². The highest BCUT2D eigenvalue weighted by Crippen LogP contribution is 2.39. The zero-order chi connectivity index (χ0) is 11.8. The summed E-state index contributed by atoms with van der Waals surface area (Å²) in [4.78, 5) is 2.35. The van der Waals surface area contributed by atoms with Gasteiger partial charge >= 0.3 is 0 Å². The molecule has 2 heterocycles. The number of hydrogen-bond donors (Lipinski definition) is 1. The molecule has 0 aliphatic carbocycles. The molecule has 0 spiro atoms. The van der Waals surface area contributed by atoms with E-state index in [9.17, 15) is 0 Å². The Labute approximate surface area is 107 Å². The molecule has 0 bridgehead atoms. The number of ether oxygens (including phenoxy) is 2. The Balaban J connectivity index is 2.05. The Bertz CT molecular complexity index is 436. The molecule has 0 aromatic heterocycles. The minimum absolute atomic E-state index is 0.387. The van der Waals surface area contributed by atoms with Crippen LogP contribution in [0.2, 0.25) is 0 Å². The zero-order valence-electron chi connectivity index (χ0n) is 9.98. The van der Waals surface area contributed by atoms with Crippen LogP contribution in [0.5, 0.6) is 11.5 Å². The van der Waals surface area contributed by atoms with Crippen molar-refractivity contribution in [2.24, 2.45) is 0 Å². The minimum Gasteiger partial charge on any atom is -0.486 e. The standard InChI is InChI=1S/C13H17NO2S/c1-14-3-2-9-6-12-13(16-5-4-15-12)7-10(9)11(14)8-17/h6-7,11,17H,2-5,8H2,1H3. The molecule has 17 heavy (non-hydrogen) atoms. The summed E-state index contributed by atoms with van der Waals surface area (Å²) < 4.78 is 11.3. The number of benzene rings is 1. The van der Waals surface area contributed by atoms with Gasteiger partial charge in [-0.2, -0.15) is 12.6 Å². The number of nitrogens with zero attached hydrogens (tertiary/aromatic N) is 1. The van der Waals surface area contributed by atoms with Crippen molar-refractivity contribution >= 4 is 12.6 Å². The van der Waals surface area contributed by atoms with Gasteiger partial charge in [0.05, 0.1) is 0 Å². The van der Waals surface area contributed by atoms with Gasteiger partial charge in [-0.3, -0.25) is 4.90 Å². The normalized spacial score (nSPS) is 23.3. The van der Waals surface area contributed by atoms with E-state index in [4.69, 9.17) is 9.47 Å². The van der Waals surface area contributed by atoms with Crippen molar-refractivity contribution in [2.45, 2.75) is 12.5 Å². The van der Waals surface area contributed by atoms with Crippen molar-refractivity contribution in [3.63, 3.8) is 0 Å². The van der Waals surface area contributed by atoms with Gasteiger partial charge in [0.1, 0.15) is 13.2 Å². The average molecular weight is 251 g/mol. The van der Waals surface area contributed by atoms with Gasteiger partial charge in [0.25, 0.3) is 0 Å². The second-order valence-electron chi connectivity index (χ2n) is 4.62. The Morgan fingerprint density at radius 3 is 2.71 bits per heavy atom. The van der Waals surface area contributed by atoms with Crippen LogP contribution in [0.1, 0.15) is 17.2 Å². The highest BCUT2D eigenvalue weighted by atomic mass is 32.1. The van der Waals surface area contributed by atoms with E-state index in [1.54, 1.807) is 0 Å². The van der Waals surface area contributed by atoms with Crippen LogP contribution in [0.15, 0.2) is 12.1 Å². The molecule has 0 saturated heterocycles. The molecule has 0 saturated carbocycles. The van der Waals surface area contributed by atoms with Gasteiger partial charge < -0.3 is 9.47 Å². The number of hydrogen-bond acceptors (Lipinski definition) is 4. The molecule has 2 aliphatic rings. The fraction of sp³-hybridized carbons (Fsp3) is 0.538. The van der Waals surface area contributed by atoms with Gasteiger partial charge in [-0.1, -0.05) is 0 Å². The predicted octanol–water partition coefficient (Wildman–Crippen LogP) is 1.92. The molecule has 0 radical (unpaired) electrons. The summed E-state index contributed by atoms with van der Waals surface area (Å²) in [6, 6.07) is 4.67. The first-order chi connectivity index (χ1) is 8.29. The van der Waals surface area contributed by atoms with Crippen molar-refractivity contribution < 1.29 is 9.47 Å². The Morgan fingerprint density at radius 2 is 2.00 bits per heavy atom. The monoisotopic (exact) mass is 251 g/mol. The summed E-state index contributed by atoms with van der Waals surface area (Å²) in [6.07, 6.45) is 1.08. The highest BCUT2D eigenvalue weighted by Gasteiger charge is 2.26. The van der Waals surface area contributed by atoms with Gasteiger partial charge in [-0.15, -0.1) is 0 Å². The predicted molar refractivity (Wildman–Crippen MR) is 70.4 cm³/mol. The van der Waals surface area contributed by atoms with Gasteiger partial charge in [0.2, 0.25) is 0 Å². The van der Waals surface area contributed by atoms with E-state index < -0.39 is 0 Å². The summed E-state index contributed by atoms with van der Waals surface area (Å²) in [7, 11) is 2.15. The van der Waals surface area contributed by atoms with E-state index in [0.717, 1.165) is 30.2 Å². The SMILES string of the molecule is CN1CCc2cc3c(cc2C1CS)OCCO3. The third-order valence-electron chi connectivity index (χ3n) is 3.60. The molecule has 1 aromatic rings. The van der Waals surface area contributed by atoms with Crippen molar-refractivity contribution in [1.29, 1.82) is 0 Å². The quantitative estimate of drug-likeness (QED) is 0.771. The van der Waals surface area contributed by atoms with Crippen LogP contribution in [-0.4, -0.2) is 37.5 Å². The smallest absolute Gasteiger partial charge is 0.161 e. The van der Waals surface area contributed by atoms with E-state index in [2.05, 4.69) is 36.7 Å². The fourth-order valence-corrected chi connectivity index (χ4v) is 3.08. The first kappa shape index (κ1) is 11.2. The van der Waals surface area contributed by atoms with Crippen LogP contribution in [0, 0.1) is 0 Å². The molecule has 0 fully saturated rings. The van der Waals surface area contributed by atoms with Crippen LogP contribution in [-0.2, 0) is 6.42 Å². The molecular weight excluding hydrogens is 234 g/mol. The van der Waals surface area contributed by atoms with E-state index in [0.29, 0.717) is 19.3 Å². The lowest BCUT2D eigenvalue weighted by Crippen LogP contribution is -2.33. The molecular formula is C13H17NO2S. The molecule has 1 atom stereocenters. The Kier molecular flexibility index (Phi) is 2.92. The van der Waals surface area contributed by atoms with E-state index >= 15 is 0 Å². The summed E-state index contributed by atoms with van der Waals surface area (Å²) >= 11 is 4.46. The molecule has 3 nitrogen and oxygen atoms in total. The Hall–Kier alpha value is -0.870. The maximum Gasteiger partial charge on any atom is 0.161 e. The van der Waals surface area contributed by atoms with Crippen molar-refractivity contribution in [3.05, 3.63) is 23.3 Å². The lowest BCUT2D eigenvalue weighted by molar-refractivity contribution is 0.169. The second kappa shape index (κ2) is 4.42. The lowest BCUT2D eigenvalue weighted by atomic mass is 9.93. The molecule has 3 rings (SSSR count). The number of fused-ring (bicyclic) bond motifs is 2. The fourth-order valence-electron chi connectivity index (χ4n) is 2.60. The molecule has 1 unspecified atom stereocenters. The van der Waals surface area contributed by atoms with Crippen molar-refractivity contribution in [1.82, 2.24) is 4.90 Å². The van der Waals surface area contributed by atoms with Crippen LogP contribution in [0.3, 0.4) is 0 Å². The van der Waals surface area contributed by atoms with E-state index in [1.807, 2.05) is 0 Å². The topological polar surface area (TPSA) is 21.7 Å². The third kappa shape index (κ3) is 1.89. The number of likely N-dealkylation sites (N-methyl/N-ethyl adjacent to an activating group) is 1. The van der Waals surface area contributed by atoms with Crippen LogP contribution in [0.4, 0.5) is 0 Å². The summed E-state index contributed by atoms with van der Waals surface area (Å²) in [6.45, 7) is 2.38. The summed E-state index contributed by atoms with van der Waals surface area (Å²) in [5.74, 6) is 2.62. The van der Waals surface area contributed by atoms with E-state index in [1.165, 1.54) is 11.1 Å². The largest absolute Gasteiger partial charge is 0.486 e. The molecule has 0 amide bonds. The summed E-state index contributed by atoms with van der Waals surface area (Å²) in [5.41, 5.74) is 2.73. The lowest BCUT2D eigenvalue weighted by Gasteiger charge is -2.34. The highest BCUT2D eigenvalue weighted by molar-refractivity contribution is 7.80. The Morgan fingerprint density at radius 1 is 1.29 bits per heavy atom.